The van der Waals surface area contributed by atoms with Gasteiger partial charge >= 0.3 is 6.18 Å². The first-order valence-electron chi connectivity index (χ1n) is 5.11. The summed E-state index contributed by atoms with van der Waals surface area (Å²) in [5.74, 6) is 0. The molecule has 0 aliphatic rings. The van der Waals surface area contributed by atoms with Gasteiger partial charge in [0.2, 0.25) is 5.56 Å². The van der Waals surface area contributed by atoms with Crippen molar-refractivity contribution in [1.82, 2.24) is 9.97 Å². The third-order valence-electron chi connectivity index (χ3n) is 2.39. The Kier molecular flexibility index (Phi) is 2.94. The van der Waals surface area contributed by atoms with Crippen molar-refractivity contribution in [3.8, 4) is 11.3 Å². The number of hydrogen-bond donors (Lipinski definition) is 1. The summed E-state index contributed by atoms with van der Waals surface area (Å²) in [4.78, 5) is 17.6. The monoisotopic (exact) mass is 254 g/mol. The Morgan fingerprint density at radius 3 is 2.50 bits per heavy atom. The van der Waals surface area contributed by atoms with Crippen LogP contribution in [0, 0.1) is 6.92 Å². The van der Waals surface area contributed by atoms with Crippen molar-refractivity contribution in [3.63, 3.8) is 0 Å². The largest absolute Gasteiger partial charge is 0.416 e. The molecule has 6 heteroatoms. The lowest BCUT2D eigenvalue weighted by Crippen LogP contribution is -2.13. The number of rotatable bonds is 1. The summed E-state index contributed by atoms with van der Waals surface area (Å²) in [7, 11) is 0. The van der Waals surface area contributed by atoms with E-state index in [9.17, 15) is 18.0 Å². The Bertz CT molecular complexity index is 614. The molecular formula is C12H9F3N2O. The van der Waals surface area contributed by atoms with Crippen LogP contribution in [0.15, 0.2) is 35.3 Å². The zero-order valence-corrected chi connectivity index (χ0v) is 9.38. The van der Waals surface area contributed by atoms with Crippen LogP contribution in [0.2, 0.25) is 0 Å². The van der Waals surface area contributed by atoms with E-state index in [-0.39, 0.29) is 5.69 Å². The summed E-state index contributed by atoms with van der Waals surface area (Å²) in [5.41, 5.74) is -0.485. The lowest BCUT2D eigenvalue weighted by molar-refractivity contribution is -0.137. The fraction of sp³-hybridized carbons (Fsp3) is 0.167. The summed E-state index contributed by atoms with van der Waals surface area (Å²) in [5, 5.41) is 0. The molecule has 0 fully saturated rings. The topological polar surface area (TPSA) is 45.8 Å². The lowest BCUT2D eigenvalue weighted by Gasteiger charge is -2.08. The van der Waals surface area contributed by atoms with E-state index in [0.717, 1.165) is 11.8 Å². The predicted octanol–water partition coefficient (Wildman–Crippen LogP) is 2.76. The van der Waals surface area contributed by atoms with Crippen molar-refractivity contribution < 1.29 is 13.2 Å². The van der Waals surface area contributed by atoms with E-state index in [1.54, 1.807) is 19.1 Å². The SMILES string of the molecule is Cc1ccc(-c2cc(C(F)(F)F)cc(=O)[nH]2)cn1. The molecule has 18 heavy (non-hydrogen) atoms. The van der Waals surface area contributed by atoms with Crippen LogP contribution in [0.1, 0.15) is 11.3 Å². The number of nitrogens with one attached hydrogen (secondary N) is 1. The van der Waals surface area contributed by atoms with Gasteiger partial charge in [-0.05, 0) is 25.1 Å². The average molecular weight is 254 g/mol. The fourth-order valence-electron chi connectivity index (χ4n) is 1.49. The van der Waals surface area contributed by atoms with Gasteiger partial charge in [0.05, 0.1) is 11.3 Å². The third kappa shape index (κ3) is 2.58. The van der Waals surface area contributed by atoms with Gasteiger partial charge in [-0.1, -0.05) is 0 Å². The molecule has 2 aromatic heterocycles. The van der Waals surface area contributed by atoms with E-state index in [1.165, 1.54) is 6.20 Å². The Hall–Kier alpha value is -2.11. The first-order chi connectivity index (χ1) is 8.36. The van der Waals surface area contributed by atoms with Crippen LogP contribution in [-0.2, 0) is 6.18 Å². The lowest BCUT2D eigenvalue weighted by atomic mass is 10.1. The summed E-state index contributed by atoms with van der Waals surface area (Å²) in [6.45, 7) is 1.76. The highest BCUT2D eigenvalue weighted by atomic mass is 19.4. The molecule has 0 saturated carbocycles. The van der Waals surface area contributed by atoms with E-state index >= 15 is 0 Å². The van der Waals surface area contributed by atoms with Crippen molar-refractivity contribution in [2.75, 3.05) is 0 Å². The zero-order valence-electron chi connectivity index (χ0n) is 9.38. The number of aromatic nitrogens is 2. The third-order valence-corrected chi connectivity index (χ3v) is 2.39. The number of nitrogens with zero attached hydrogens (tertiary/aromatic N) is 1. The fourth-order valence-corrected chi connectivity index (χ4v) is 1.49. The molecule has 0 bridgehead atoms. The van der Waals surface area contributed by atoms with Crippen molar-refractivity contribution in [2.24, 2.45) is 0 Å². The maximum absolute atomic E-state index is 12.6. The van der Waals surface area contributed by atoms with Gasteiger partial charge < -0.3 is 4.98 Å². The summed E-state index contributed by atoms with van der Waals surface area (Å²) >= 11 is 0. The number of H-pyrrole nitrogens is 1. The van der Waals surface area contributed by atoms with Gasteiger partial charge in [-0.3, -0.25) is 9.78 Å². The minimum atomic E-state index is -4.54. The van der Waals surface area contributed by atoms with Gasteiger partial charge in [0.1, 0.15) is 0 Å². The van der Waals surface area contributed by atoms with E-state index in [4.69, 9.17) is 0 Å². The first kappa shape index (κ1) is 12.3. The van der Waals surface area contributed by atoms with E-state index < -0.39 is 17.3 Å². The number of halogens is 3. The highest BCUT2D eigenvalue weighted by molar-refractivity contribution is 5.58. The minimum absolute atomic E-state index is 0.0994. The van der Waals surface area contributed by atoms with Crippen molar-refractivity contribution >= 4 is 0 Å². The van der Waals surface area contributed by atoms with Crippen LogP contribution in [-0.4, -0.2) is 9.97 Å². The number of alkyl halides is 3. The predicted molar refractivity (Wildman–Crippen MR) is 60.0 cm³/mol. The normalized spacial score (nSPS) is 11.6. The maximum Gasteiger partial charge on any atom is 0.416 e. The van der Waals surface area contributed by atoms with Gasteiger partial charge in [0.15, 0.2) is 0 Å². The Labute approximate surface area is 100 Å². The second-order valence-corrected chi connectivity index (χ2v) is 3.83. The smallest absolute Gasteiger partial charge is 0.322 e. The van der Waals surface area contributed by atoms with Crippen molar-refractivity contribution in [3.05, 3.63) is 52.1 Å². The molecule has 2 rings (SSSR count). The van der Waals surface area contributed by atoms with Crippen LogP contribution >= 0.6 is 0 Å². The summed E-state index contributed by atoms with van der Waals surface area (Å²) in [6, 6.07) is 4.69. The molecule has 0 aliphatic carbocycles. The number of aromatic amines is 1. The van der Waals surface area contributed by atoms with Crippen molar-refractivity contribution in [1.29, 1.82) is 0 Å². The average Bonchev–Trinajstić information content (AvgIpc) is 2.28. The van der Waals surface area contributed by atoms with Crippen molar-refractivity contribution in [2.45, 2.75) is 13.1 Å². The Morgan fingerprint density at radius 1 is 1.22 bits per heavy atom. The van der Waals surface area contributed by atoms with Crippen LogP contribution < -0.4 is 5.56 Å². The van der Waals surface area contributed by atoms with Crippen LogP contribution in [0.5, 0.6) is 0 Å². The number of aryl methyl sites for hydroxylation is 1. The van der Waals surface area contributed by atoms with E-state index in [1.807, 2.05) is 0 Å². The van der Waals surface area contributed by atoms with E-state index in [0.29, 0.717) is 11.6 Å². The molecule has 0 atom stereocenters. The molecule has 1 N–H and O–H groups in total. The maximum atomic E-state index is 12.6. The summed E-state index contributed by atoms with van der Waals surface area (Å²) in [6.07, 6.45) is -3.12. The molecule has 2 heterocycles. The van der Waals surface area contributed by atoms with Crippen LogP contribution in [0.25, 0.3) is 11.3 Å². The molecule has 0 unspecified atom stereocenters. The Morgan fingerprint density at radius 2 is 1.94 bits per heavy atom. The number of hydrogen-bond acceptors (Lipinski definition) is 2. The molecule has 94 valence electrons. The molecule has 0 amide bonds. The van der Waals surface area contributed by atoms with Gasteiger partial charge in [-0.2, -0.15) is 13.2 Å². The standard InChI is InChI=1S/C12H9F3N2O/c1-7-2-3-8(6-16-7)10-4-9(12(13,14)15)5-11(18)17-10/h2-6H,1H3,(H,17,18). The zero-order chi connectivity index (χ0) is 13.3. The molecule has 0 saturated heterocycles. The Balaban J connectivity index is 2.55. The van der Waals surface area contributed by atoms with Crippen LogP contribution in [0.3, 0.4) is 0 Å². The van der Waals surface area contributed by atoms with Crippen LogP contribution in [0.4, 0.5) is 13.2 Å². The first-order valence-corrected chi connectivity index (χ1v) is 5.11. The van der Waals surface area contributed by atoms with Gasteiger partial charge in [0, 0.05) is 23.5 Å². The quantitative estimate of drug-likeness (QED) is 0.850. The van der Waals surface area contributed by atoms with E-state index in [2.05, 4.69) is 9.97 Å². The molecule has 2 aromatic rings. The minimum Gasteiger partial charge on any atom is -0.322 e. The summed E-state index contributed by atoms with van der Waals surface area (Å²) < 4.78 is 37.7. The van der Waals surface area contributed by atoms with Gasteiger partial charge in [-0.25, -0.2) is 0 Å². The molecule has 0 aromatic carbocycles. The second kappa shape index (κ2) is 4.29. The number of pyridine rings is 2. The van der Waals surface area contributed by atoms with Gasteiger partial charge in [0.25, 0.3) is 0 Å². The second-order valence-electron chi connectivity index (χ2n) is 3.83. The highest BCUT2D eigenvalue weighted by Crippen LogP contribution is 2.30. The molecule has 0 spiro atoms. The molecule has 0 radical (unpaired) electrons. The molecule has 3 nitrogen and oxygen atoms in total. The molecule has 0 aliphatic heterocycles. The molecular weight excluding hydrogens is 245 g/mol. The highest BCUT2D eigenvalue weighted by Gasteiger charge is 2.31. The van der Waals surface area contributed by atoms with Gasteiger partial charge in [-0.15, -0.1) is 0 Å².